The van der Waals surface area contributed by atoms with Gasteiger partial charge in [-0.2, -0.15) is 0 Å². The fourth-order valence-corrected chi connectivity index (χ4v) is 8.41. The number of aromatic nitrogens is 3. The second-order valence-electron chi connectivity index (χ2n) is 12.4. The SMILES string of the molecule is Cn1c(-c2cccc(Oc3cccc(N4c5ccccc5C(C)(C)c5c4ncc4c5sc5ccccc54)c3)c2)nc2ccccc21. The molecule has 4 heterocycles. The summed E-state index contributed by atoms with van der Waals surface area (Å²) in [6, 6.07) is 42.0. The van der Waals surface area contributed by atoms with Crippen molar-refractivity contribution in [2.45, 2.75) is 19.3 Å². The number of hydrogen-bond acceptors (Lipinski definition) is 5. The molecule has 0 fully saturated rings. The Morgan fingerprint density at radius 1 is 0.739 bits per heavy atom. The number of hydrogen-bond donors (Lipinski definition) is 0. The molecule has 46 heavy (non-hydrogen) atoms. The Labute approximate surface area is 271 Å². The summed E-state index contributed by atoms with van der Waals surface area (Å²) in [7, 11) is 2.05. The van der Waals surface area contributed by atoms with Crippen LogP contribution in [0.3, 0.4) is 0 Å². The molecule has 0 radical (unpaired) electrons. The van der Waals surface area contributed by atoms with Gasteiger partial charge in [-0.25, -0.2) is 9.97 Å². The van der Waals surface area contributed by atoms with E-state index in [1.165, 1.54) is 31.3 Å². The van der Waals surface area contributed by atoms with Crippen molar-refractivity contribution < 1.29 is 4.74 Å². The summed E-state index contributed by atoms with van der Waals surface area (Å²) in [5.74, 6) is 3.38. The van der Waals surface area contributed by atoms with Crippen LogP contribution in [0, 0.1) is 0 Å². The van der Waals surface area contributed by atoms with Crippen molar-refractivity contribution in [3.63, 3.8) is 0 Å². The number of aryl methyl sites for hydroxylation is 1. The summed E-state index contributed by atoms with van der Waals surface area (Å²) in [4.78, 5) is 12.4. The van der Waals surface area contributed by atoms with Gasteiger partial charge in [0.15, 0.2) is 0 Å². The van der Waals surface area contributed by atoms with Crippen LogP contribution in [-0.4, -0.2) is 14.5 Å². The van der Waals surface area contributed by atoms with Crippen LogP contribution >= 0.6 is 11.3 Å². The van der Waals surface area contributed by atoms with Crippen molar-refractivity contribution in [3.8, 4) is 22.9 Å². The highest BCUT2D eigenvalue weighted by molar-refractivity contribution is 7.26. The van der Waals surface area contributed by atoms with E-state index in [1.807, 2.05) is 47.7 Å². The third-order valence-corrected chi connectivity index (χ3v) is 10.5. The lowest BCUT2D eigenvalue weighted by atomic mass is 9.74. The number of benzene rings is 5. The molecule has 8 aromatic rings. The first kappa shape index (κ1) is 26.9. The maximum absolute atomic E-state index is 6.53. The standard InChI is InChI=1S/C40H30N4OS/c1-40(2)31-17-5-7-19-33(31)44(39-36(40)37-30(24-41-39)29-16-4-9-21-35(29)46-37)26-13-11-15-28(23-26)45-27-14-10-12-25(22-27)38-42-32-18-6-8-20-34(32)43(38)3/h4-24H,1-3H3. The Kier molecular flexibility index (Phi) is 5.86. The maximum atomic E-state index is 6.53. The van der Waals surface area contributed by atoms with E-state index < -0.39 is 0 Å². The van der Waals surface area contributed by atoms with Gasteiger partial charge in [0.05, 0.1) is 22.4 Å². The number of thiophene rings is 1. The molecule has 9 rings (SSSR count). The van der Waals surface area contributed by atoms with E-state index in [9.17, 15) is 0 Å². The van der Waals surface area contributed by atoms with Crippen LogP contribution in [-0.2, 0) is 12.5 Å². The van der Waals surface area contributed by atoms with Gasteiger partial charge in [0, 0.05) is 56.0 Å². The summed E-state index contributed by atoms with van der Waals surface area (Å²) in [5, 5.41) is 2.47. The molecule has 5 aromatic carbocycles. The third-order valence-electron chi connectivity index (χ3n) is 9.25. The van der Waals surface area contributed by atoms with Gasteiger partial charge in [-0.05, 0) is 54.1 Å². The summed E-state index contributed by atoms with van der Waals surface area (Å²) < 4.78 is 11.2. The van der Waals surface area contributed by atoms with E-state index in [1.54, 1.807) is 0 Å². The molecule has 0 aliphatic carbocycles. The quantitative estimate of drug-likeness (QED) is 0.198. The van der Waals surface area contributed by atoms with E-state index in [2.05, 4.69) is 121 Å². The van der Waals surface area contributed by atoms with Gasteiger partial charge in [0.25, 0.3) is 0 Å². The van der Waals surface area contributed by atoms with Gasteiger partial charge >= 0.3 is 0 Å². The Morgan fingerprint density at radius 3 is 2.39 bits per heavy atom. The van der Waals surface area contributed by atoms with E-state index in [4.69, 9.17) is 14.7 Å². The van der Waals surface area contributed by atoms with Crippen molar-refractivity contribution in [3.05, 3.63) is 139 Å². The number of fused-ring (bicyclic) bond motifs is 7. The van der Waals surface area contributed by atoms with Crippen molar-refractivity contribution in [1.29, 1.82) is 0 Å². The molecule has 0 spiro atoms. The van der Waals surface area contributed by atoms with Crippen LogP contribution in [0.1, 0.15) is 25.0 Å². The molecule has 1 aliphatic heterocycles. The zero-order valence-electron chi connectivity index (χ0n) is 25.7. The summed E-state index contributed by atoms with van der Waals surface area (Å²) in [6.45, 7) is 4.65. The highest BCUT2D eigenvalue weighted by Crippen LogP contribution is 2.55. The van der Waals surface area contributed by atoms with Gasteiger partial charge in [-0.3, -0.25) is 4.90 Å². The number of imidazole rings is 1. The van der Waals surface area contributed by atoms with Gasteiger partial charge in [-0.1, -0.05) is 80.6 Å². The Balaban J connectivity index is 1.15. The predicted molar refractivity (Wildman–Crippen MR) is 190 cm³/mol. The number of para-hydroxylation sites is 3. The van der Waals surface area contributed by atoms with Crippen LogP contribution < -0.4 is 9.64 Å². The highest BCUT2D eigenvalue weighted by atomic mass is 32.1. The van der Waals surface area contributed by atoms with E-state index in [-0.39, 0.29) is 5.41 Å². The molecule has 3 aromatic heterocycles. The normalized spacial score (nSPS) is 13.7. The fraction of sp³-hybridized carbons (Fsp3) is 0.100. The monoisotopic (exact) mass is 614 g/mol. The van der Waals surface area contributed by atoms with E-state index in [0.717, 1.165) is 51.1 Å². The summed E-state index contributed by atoms with van der Waals surface area (Å²) in [6.07, 6.45) is 2.05. The maximum Gasteiger partial charge on any atom is 0.143 e. The van der Waals surface area contributed by atoms with Crippen molar-refractivity contribution in [2.24, 2.45) is 7.05 Å². The number of rotatable bonds is 4. The van der Waals surface area contributed by atoms with Crippen molar-refractivity contribution in [2.75, 3.05) is 4.90 Å². The largest absolute Gasteiger partial charge is 0.457 e. The average Bonchev–Trinajstić information content (AvgIpc) is 3.62. The fourth-order valence-electron chi connectivity index (χ4n) is 7.04. The van der Waals surface area contributed by atoms with Crippen LogP contribution in [0.4, 0.5) is 17.2 Å². The first-order valence-corrected chi connectivity index (χ1v) is 16.3. The Hall–Kier alpha value is -5.46. The smallest absolute Gasteiger partial charge is 0.143 e. The molecule has 0 atom stereocenters. The van der Waals surface area contributed by atoms with Crippen LogP contribution in [0.5, 0.6) is 11.5 Å². The van der Waals surface area contributed by atoms with Crippen LogP contribution in [0.15, 0.2) is 128 Å². The zero-order chi connectivity index (χ0) is 31.0. The topological polar surface area (TPSA) is 43.2 Å². The molecule has 0 saturated carbocycles. The van der Waals surface area contributed by atoms with Crippen LogP contribution in [0.25, 0.3) is 42.6 Å². The lowest BCUT2D eigenvalue weighted by Crippen LogP contribution is -2.31. The number of ether oxygens (including phenoxy) is 1. The lowest BCUT2D eigenvalue weighted by Gasteiger charge is -2.41. The molecule has 5 nitrogen and oxygen atoms in total. The second kappa shape index (κ2) is 10.0. The predicted octanol–water partition coefficient (Wildman–Crippen LogP) is 10.9. The van der Waals surface area contributed by atoms with Gasteiger partial charge in [0.1, 0.15) is 23.1 Å². The highest BCUT2D eigenvalue weighted by Gasteiger charge is 2.40. The average molecular weight is 615 g/mol. The molecule has 0 saturated heterocycles. The number of nitrogens with zero attached hydrogens (tertiary/aromatic N) is 4. The molecular weight excluding hydrogens is 585 g/mol. The minimum atomic E-state index is -0.236. The van der Waals surface area contributed by atoms with Crippen molar-refractivity contribution in [1.82, 2.24) is 14.5 Å². The second-order valence-corrected chi connectivity index (χ2v) is 13.4. The van der Waals surface area contributed by atoms with Gasteiger partial charge < -0.3 is 9.30 Å². The molecular formula is C40H30N4OS. The van der Waals surface area contributed by atoms with Crippen molar-refractivity contribution >= 4 is 59.7 Å². The number of pyridine rings is 1. The molecule has 6 heteroatoms. The van der Waals surface area contributed by atoms with E-state index >= 15 is 0 Å². The molecule has 1 aliphatic rings. The molecule has 0 N–H and O–H groups in total. The van der Waals surface area contributed by atoms with Gasteiger partial charge in [-0.15, -0.1) is 11.3 Å². The summed E-state index contributed by atoms with van der Waals surface area (Å²) >= 11 is 1.86. The summed E-state index contributed by atoms with van der Waals surface area (Å²) in [5.41, 5.74) is 7.51. The first-order valence-electron chi connectivity index (χ1n) is 15.5. The van der Waals surface area contributed by atoms with Crippen LogP contribution in [0.2, 0.25) is 0 Å². The minimum Gasteiger partial charge on any atom is -0.457 e. The Bertz CT molecular complexity index is 2470. The first-order chi connectivity index (χ1) is 22.5. The third kappa shape index (κ3) is 4.00. The minimum absolute atomic E-state index is 0.236. The zero-order valence-corrected chi connectivity index (χ0v) is 26.5. The van der Waals surface area contributed by atoms with E-state index in [0.29, 0.717) is 0 Å². The molecule has 0 unspecified atom stereocenters. The Morgan fingerprint density at radius 2 is 1.50 bits per heavy atom. The molecule has 0 amide bonds. The van der Waals surface area contributed by atoms with Gasteiger partial charge in [0.2, 0.25) is 0 Å². The molecule has 0 bridgehead atoms. The lowest BCUT2D eigenvalue weighted by molar-refractivity contribution is 0.483. The molecule has 222 valence electrons. The number of anilines is 3.